The van der Waals surface area contributed by atoms with Crippen molar-refractivity contribution < 1.29 is 28.6 Å². The molecule has 6 nitrogen and oxygen atoms in total. The highest BCUT2D eigenvalue weighted by atomic mass is 16.6. The summed E-state index contributed by atoms with van der Waals surface area (Å²) in [6.07, 6.45) is 67.7. The van der Waals surface area contributed by atoms with Crippen LogP contribution in [-0.4, -0.2) is 37.2 Å². The van der Waals surface area contributed by atoms with Crippen LogP contribution in [0.1, 0.15) is 194 Å². The number of unbranched alkanes of at least 4 members (excludes halogenated alkanes) is 16. The smallest absolute Gasteiger partial charge is 0.306 e. The number of hydrogen-bond donors (Lipinski definition) is 0. The lowest BCUT2D eigenvalue weighted by Crippen LogP contribution is -2.30. The molecule has 0 aliphatic rings. The van der Waals surface area contributed by atoms with Gasteiger partial charge in [0.1, 0.15) is 13.2 Å². The van der Waals surface area contributed by atoms with Crippen LogP contribution in [0, 0.1) is 0 Å². The molecule has 0 fully saturated rings. The van der Waals surface area contributed by atoms with Gasteiger partial charge in [0.15, 0.2) is 6.10 Å². The predicted octanol–water partition coefficient (Wildman–Crippen LogP) is 16.1. The van der Waals surface area contributed by atoms with E-state index in [-0.39, 0.29) is 38.0 Å². The van der Waals surface area contributed by atoms with E-state index in [9.17, 15) is 14.4 Å². The maximum atomic E-state index is 12.7. The molecule has 0 N–H and O–H groups in total. The van der Waals surface area contributed by atoms with Gasteiger partial charge in [-0.25, -0.2) is 0 Å². The topological polar surface area (TPSA) is 78.9 Å². The fourth-order valence-electron chi connectivity index (χ4n) is 6.18. The number of esters is 3. The lowest BCUT2D eigenvalue weighted by molar-refractivity contribution is -0.167. The minimum absolute atomic E-state index is 0.124. The predicted molar refractivity (Wildman–Crippen MR) is 265 cm³/mol. The van der Waals surface area contributed by atoms with Gasteiger partial charge in [0.25, 0.3) is 0 Å². The van der Waals surface area contributed by atoms with Crippen LogP contribution in [0.5, 0.6) is 0 Å². The molecule has 0 aromatic heterocycles. The van der Waals surface area contributed by atoms with Crippen molar-refractivity contribution in [2.45, 2.75) is 200 Å². The molecule has 62 heavy (non-hydrogen) atoms. The highest BCUT2D eigenvalue weighted by molar-refractivity contribution is 5.71. The molecule has 0 aliphatic heterocycles. The van der Waals surface area contributed by atoms with E-state index in [2.05, 4.69) is 87.6 Å². The van der Waals surface area contributed by atoms with Crippen molar-refractivity contribution in [2.24, 2.45) is 0 Å². The van der Waals surface area contributed by atoms with Crippen LogP contribution >= 0.6 is 0 Å². The standard InChI is InChI=1S/C56H88O6/c1-4-7-10-13-16-19-22-25-26-27-28-29-30-32-34-37-40-43-46-49-55(58)61-52-53(51-60-54(57)48-45-42-39-36-33-24-21-18-15-12-9-6-3)62-56(59)50-47-44-41-38-35-31-23-20-17-14-11-8-5-2/h8-9,11-12,14,16-23,25,31,33,35-36,38,41,53H,4-7,10,13,15,24,26-30,32,34,37,39-40,42-52H2,1-3H3/b11-8-,12-9-,17-14-,19-16-,21-18-,23-20-,25-22-,35-31-,36-33-,41-38-. The third-order valence-corrected chi connectivity index (χ3v) is 9.84. The molecule has 0 amide bonds. The third-order valence-electron chi connectivity index (χ3n) is 9.84. The Morgan fingerprint density at radius 1 is 0.355 bits per heavy atom. The Bertz CT molecular complexity index is 1350. The Labute approximate surface area is 380 Å². The van der Waals surface area contributed by atoms with Crippen molar-refractivity contribution in [2.75, 3.05) is 13.2 Å². The molecular weight excluding hydrogens is 769 g/mol. The van der Waals surface area contributed by atoms with Crippen LogP contribution in [0.15, 0.2) is 122 Å². The number of hydrogen-bond acceptors (Lipinski definition) is 6. The normalized spacial score (nSPS) is 13.1. The lowest BCUT2D eigenvalue weighted by Gasteiger charge is -2.18. The Balaban J connectivity index is 4.49. The van der Waals surface area contributed by atoms with Crippen molar-refractivity contribution in [3.8, 4) is 0 Å². The van der Waals surface area contributed by atoms with Gasteiger partial charge in [-0.2, -0.15) is 0 Å². The van der Waals surface area contributed by atoms with Gasteiger partial charge < -0.3 is 14.2 Å². The first-order valence-electron chi connectivity index (χ1n) is 24.6. The second-order valence-electron chi connectivity index (χ2n) is 15.8. The van der Waals surface area contributed by atoms with Crippen LogP contribution in [0.25, 0.3) is 0 Å². The summed E-state index contributed by atoms with van der Waals surface area (Å²) >= 11 is 0. The van der Waals surface area contributed by atoms with Crippen molar-refractivity contribution in [3.63, 3.8) is 0 Å². The number of ether oxygens (including phenoxy) is 3. The van der Waals surface area contributed by atoms with E-state index in [0.717, 1.165) is 64.2 Å². The largest absolute Gasteiger partial charge is 0.462 e. The summed E-state index contributed by atoms with van der Waals surface area (Å²) in [5.41, 5.74) is 0. The van der Waals surface area contributed by atoms with E-state index < -0.39 is 12.1 Å². The Morgan fingerprint density at radius 2 is 0.726 bits per heavy atom. The van der Waals surface area contributed by atoms with Gasteiger partial charge in [-0.1, -0.05) is 206 Å². The first-order chi connectivity index (χ1) is 30.5. The van der Waals surface area contributed by atoms with Gasteiger partial charge in [-0.15, -0.1) is 0 Å². The molecule has 0 spiro atoms. The Kier molecular flexibility index (Phi) is 46.1. The summed E-state index contributed by atoms with van der Waals surface area (Å²) in [7, 11) is 0. The quantitative estimate of drug-likeness (QED) is 0.0200. The molecule has 348 valence electrons. The highest BCUT2D eigenvalue weighted by Gasteiger charge is 2.19. The van der Waals surface area contributed by atoms with Crippen molar-refractivity contribution in [1.29, 1.82) is 0 Å². The molecule has 1 atom stereocenters. The molecule has 0 heterocycles. The summed E-state index contributed by atoms with van der Waals surface area (Å²) < 4.78 is 16.6. The van der Waals surface area contributed by atoms with Crippen LogP contribution in [-0.2, 0) is 28.6 Å². The number of allylic oxidation sites excluding steroid dienone is 20. The highest BCUT2D eigenvalue weighted by Crippen LogP contribution is 2.13. The summed E-state index contributed by atoms with van der Waals surface area (Å²) in [6.45, 7) is 6.22. The summed E-state index contributed by atoms with van der Waals surface area (Å²) in [4.78, 5) is 37.8. The number of carbonyl (C=O) groups excluding carboxylic acids is 3. The minimum Gasteiger partial charge on any atom is -0.462 e. The zero-order chi connectivity index (χ0) is 45.1. The van der Waals surface area contributed by atoms with E-state index in [1.165, 1.54) is 77.0 Å². The van der Waals surface area contributed by atoms with Gasteiger partial charge in [0, 0.05) is 19.3 Å². The lowest BCUT2D eigenvalue weighted by atomic mass is 10.1. The van der Waals surface area contributed by atoms with E-state index in [0.29, 0.717) is 19.3 Å². The minimum atomic E-state index is -0.834. The second-order valence-corrected chi connectivity index (χ2v) is 15.8. The zero-order valence-electron chi connectivity index (χ0n) is 39.6. The van der Waals surface area contributed by atoms with E-state index in [1.54, 1.807) is 0 Å². The molecule has 6 heteroatoms. The second kappa shape index (κ2) is 49.5. The van der Waals surface area contributed by atoms with Gasteiger partial charge in [0.2, 0.25) is 0 Å². The van der Waals surface area contributed by atoms with Gasteiger partial charge in [0.05, 0.1) is 0 Å². The van der Waals surface area contributed by atoms with Crippen LogP contribution in [0.4, 0.5) is 0 Å². The van der Waals surface area contributed by atoms with Crippen LogP contribution < -0.4 is 0 Å². The molecule has 0 aromatic rings. The molecular formula is C56H88O6. The summed E-state index contributed by atoms with van der Waals surface area (Å²) in [5.74, 6) is -1.05. The van der Waals surface area contributed by atoms with E-state index in [4.69, 9.17) is 14.2 Å². The molecule has 0 radical (unpaired) electrons. The van der Waals surface area contributed by atoms with Crippen molar-refractivity contribution >= 4 is 17.9 Å². The average molecular weight is 857 g/mol. The maximum absolute atomic E-state index is 12.7. The summed E-state index contributed by atoms with van der Waals surface area (Å²) in [6, 6.07) is 0. The third kappa shape index (κ3) is 46.9. The molecule has 0 bridgehead atoms. The molecule has 0 saturated carbocycles. The van der Waals surface area contributed by atoms with Crippen molar-refractivity contribution in [1.82, 2.24) is 0 Å². The zero-order valence-corrected chi connectivity index (χ0v) is 39.6. The monoisotopic (exact) mass is 857 g/mol. The van der Waals surface area contributed by atoms with Crippen LogP contribution in [0.3, 0.4) is 0 Å². The molecule has 1 unspecified atom stereocenters. The molecule has 0 aromatic carbocycles. The molecule has 0 rings (SSSR count). The fraction of sp³-hybridized carbons (Fsp3) is 0.589. The number of carbonyl (C=O) groups is 3. The SMILES string of the molecule is CC\C=C/C=C\C=C/C=C\C=C/CCCC(=O)OC(COC(=O)CCCC/C=C\C/C=C\C/C=C\CC)COC(=O)CCCCCCCCCCCC/C=C\C=C/CCCCC. The van der Waals surface area contributed by atoms with Gasteiger partial charge in [-0.3, -0.25) is 14.4 Å². The maximum Gasteiger partial charge on any atom is 0.306 e. The molecule has 0 saturated heterocycles. The summed E-state index contributed by atoms with van der Waals surface area (Å²) in [5, 5.41) is 0. The first kappa shape index (κ1) is 57.8. The van der Waals surface area contributed by atoms with E-state index in [1.807, 2.05) is 54.7 Å². The number of rotatable bonds is 42. The van der Waals surface area contributed by atoms with Crippen LogP contribution in [0.2, 0.25) is 0 Å². The van der Waals surface area contributed by atoms with Gasteiger partial charge in [-0.05, 0) is 89.9 Å². The molecule has 0 aliphatic carbocycles. The van der Waals surface area contributed by atoms with E-state index >= 15 is 0 Å². The average Bonchev–Trinajstić information content (AvgIpc) is 3.27. The Hall–Kier alpha value is -4.19. The van der Waals surface area contributed by atoms with Gasteiger partial charge >= 0.3 is 17.9 Å². The fourth-order valence-corrected chi connectivity index (χ4v) is 6.18. The first-order valence-corrected chi connectivity index (χ1v) is 24.6. The van der Waals surface area contributed by atoms with Crippen molar-refractivity contribution in [3.05, 3.63) is 122 Å². The Morgan fingerprint density at radius 3 is 1.27 bits per heavy atom.